The Morgan fingerprint density at radius 3 is 1.40 bits per heavy atom. The summed E-state index contributed by atoms with van der Waals surface area (Å²) in [6, 6.07) is 66.2. The fourth-order valence-corrected chi connectivity index (χ4v) is 7.18. The zero-order valence-corrected chi connectivity index (χ0v) is 29.7. The highest BCUT2D eigenvalue weighted by atomic mass is 16.3. The lowest BCUT2D eigenvalue weighted by molar-refractivity contribution is 0.670. The van der Waals surface area contributed by atoms with E-state index in [2.05, 4.69) is 109 Å². The summed E-state index contributed by atoms with van der Waals surface area (Å²) in [5.74, 6) is 1.32. The van der Waals surface area contributed by atoms with Crippen LogP contribution in [0, 0.1) is 0 Å². The third-order valence-electron chi connectivity index (χ3n) is 9.92. The van der Waals surface area contributed by atoms with E-state index in [1.54, 1.807) is 0 Å². The van der Waals surface area contributed by atoms with E-state index in [4.69, 9.17) is 24.4 Å². The number of para-hydroxylation sites is 2. The second-order valence-electron chi connectivity index (χ2n) is 13.5. The van der Waals surface area contributed by atoms with Crippen LogP contribution in [0.15, 0.2) is 199 Å². The third-order valence-corrected chi connectivity index (χ3v) is 9.92. The van der Waals surface area contributed by atoms with Gasteiger partial charge in [0.1, 0.15) is 11.2 Å². The maximum absolute atomic E-state index is 6.45. The zero-order chi connectivity index (χ0) is 36.6. The molecule has 3 heterocycles. The summed E-state index contributed by atoms with van der Waals surface area (Å²) < 4.78 is 6.45. The van der Waals surface area contributed by atoms with Gasteiger partial charge in [0.25, 0.3) is 0 Å². The molecule has 10 aromatic rings. The van der Waals surface area contributed by atoms with E-state index in [0.29, 0.717) is 11.6 Å². The second-order valence-corrected chi connectivity index (χ2v) is 13.5. The highest BCUT2D eigenvalue weighted by molar-refractivity contribution is 6.09. The van der Waals surface area contributed by atoms with Gasteiger partial charge in [-0.1, -0.05) is 158 Å². The largest absolute Gasteiger partial charge is 0.455 e. The standard InChI is InChI=1S/C50H32N4O/c1-4-15-33(16-5-1)43-31-44(34-17-6-2-7-18-34)52-50(51-43)39-24-13-22-37(30-39)36-21-12-23-38(29-36)45-32-46(54-49(53-45)35-19-8-3-9-20-35)42-27-14-26-41-40-25-10-11-28-47(40)55-48(41)42/h1-32H. The maximum Gasteiger partial charge on any atom is 0.160 e. The molecular formula is C50H32N4O. The molecule has 258 valence electrons. The minimum atomic E-state index is 0.651. The van der Waals surface area contributed by atoms with Crippen LogP contribution in [0.1, 0.15) is 0 Å². The molecule has 55 heavy (non-hydrogen) atoms. The van der Waals surface area contributed by atoms with Crippen molar-refractivity contribution in [2.24, 2.45) is 0 Å². The lowest BCUT2D eigenvalue weighted by atomic mass is 9.98. The first kappa shape index (κ1) is 32.2. The van der Waals surface area contributed by atoms with Gasteiger partial charge in [0.05, 0.1) is 22.8 Å². The van der Waals surface area contributed by atoms with Gasteiger partial charge in [0.15, 0.2) is 11.6 Å². The highest BCUT2D eigenvalue weighted by Gasteiger charge is 2.17. The van der Waals surface area contributed by atoms with Crippen LogP contribution in [0.5, 0.6) is 0 Å². The predicted octanol–water partition coefficient (Wildman–Crippen LogP) is 12.8. The highest BCUT2D eigenvalue weighted by Crippen LogP contribution is 2.38. The number of hydrogen-bond acceptors (Lipinski definition) is 5. The first-order valence-electron chi connectivity index (χ1n) is 18.3. The van der Waals surface area contributed by atoms with Crippen LogP contribution in [-0.2, 0) is 0 Å². The van der Waals surface area contributed by atoms with Gasteiger partial charge in [-0.15, -0.1) is 0 Å². The average Bonchev–Trinajstić information content (AvgIpc) is 3.66. The Morgan fingerprint density at radius 2 is 0.727 bits per heavy atom. The molecule has 0 N–H and O–H groups in total. The molecule has 0 aliphatic carbocycles. The van der Waals surface area contributed by atoms with E-state index in [1.165, 1.54) is 0 Å². The summed E-state index contributed by atoms with van der Waals surface area (Å²) in [5.41, 5.74) is 13.0. The monoisotopic (exact) mass is 704 g/mol. The van der Waals surface area contributed by atoms with Crippen molar-refractivity contribution < 1.29 is 4.42 Å². The second kappa shape index (κ2) is 13.8. The first-order valence-corrected chi connectivity index (χ1v) is 18.3. The van der Waals surface area contributed by atoms with Crippen LogP contribution >= 0.6 is 0 Å². The predicted molar refractivity (Wildman–Crippen MR) is 223 cm³/mol. The van der Waals surface area contributed by atoms with Gasteiger partial charge in [-0.05, 0) is 47.5 Å². The van der Waals surface area contributed by atoms with Crippen molar-refractivity contribution in [3.63, 3.8) is 0 Å². The first-order chi connectivity index (χ1) is 27.2. The third kappa shape index (κ3) is 6.24. The molecule has 0 aliphatic heterocycles. The Labute approximate surface area is 318 Å². The van der Waals surface area contributed by atoms with Crippen molar-refractivity contribution in [3.8, 4) is 78.9 Å². The minimum Gasteiger partial charge on any atom is -0.455 e. The van der Waals surface area contributed by atoms with E-state index in [-0.39, 0.29) is 0 Å². The molecule has 5 heteroatoms. The minimum absolute atomic E-state index is 0.651. The zero-order valence-electron chi connectivity index (χ0n) is 29.7. The number of aromatic nitrogens is 4. The number of rotatable bonds is 7. The van der Waals surface area contributed by atoms with E-state index in [1.807, 2.05) is 84.9 Å². The van der Waals surface area contributed by atoms with E-state index < -0.39 is 0 Å². The topological polar surface area (TPSA) is 64.7 Å². The van der Waals surface area contributed by atoms with Crippen molar-refractivity contribution in [3.05, 3.63) is 194 Å². The molecule has 5 nitrogen and oxygen atoms in total. The van der Waals surface area contributed by atoms with Crippen molar-refractivity contribution in [2.45, 2.75) is 0 Å². The number of hydrogen-bond donors (Lipinski definition) is 0. The maximum atomic E-state index is 6.45. The Morgan fingerprint density at radius 1 is 0.291 bits per heavy atom. The normalized spacial score (nSPS) is 11.3. The summed E-state index contributed by atoms with van der Waals surface area (Å²) in [7, 11) is 0. The van der Waals surface area contributed by atoms with Gasteiger partial charge in [0.2, 0.25) is 0 Å². The van der Waals surface area contributed by atoms with Crippen molar-refractivity contribution >= 4 is 21.9 Å². The van der Waals surface area contributed by atoms with Crippen molar-refractivity contribution in [1.29, 1.82) is 0 Å². The molecule has 0 saturated heterocycles. The van der Waals surface area contributed by atoms with E-state index >= 15 is 0 Å². The molecule has 0 atom stereocenters. The molecule has 0 fully saturated rings. The average molecular weight is 705 g/mol. The number of furan rings is 1. The summed E-state index contributed by atoms with van der Waals surface area (Å²) in [6.07, 6.45) is 0. The van der Waals surface area contributed by atoms with E-state index in [0.717, 1.165) is 89.2 Å². The molecule has 0 bridgehead atoms. The molecule has 7 aromatic carbocycles. The quantitative estimate of drug-likeness (QED) is 0.165. The van der Waals surface area contributed by atoms with Crippen LogP contribution in [0.3, 0.4) is 0 Å². The van der Waals surface area contributed by atoms with Crippen molar-refractivity contribution in [1.82, 2.24) is 19.9 Å². The summed E-state index contributed by atoms with van der Waals surface area (Å²) in [5, 5.41) is 2.14. The van der Waals surface area contributed by atoms with Crippen molar-refractivity contribution in [2.75, 3.05) is 0 Å². The summed E-state index contributed by atoms with van der Waals surface area (Å²) >= 11 is 0. The Hall–Kier alpha value is -7.50. The number of benzene rings is 7. The fourth-order valence-electron chi connectivity index (χ4n) is 7.18. The molecular weight excluding hydrogens is 673 g/mol. The Kier molecular flexibility index (Phi) is 8.08. The number of nitrogens with zero attached hydrogens (tertiary/aromatic N) is 4. The molecule has 0 amide bonds. The SMILES string of the molecule is c1ccc(-c2cc(-c3ccccc3)nc(-c3cccc(-c4cccc(-c5cc(-c6cccc7c6oc6ccccc67)nc(-c6ccccc6)n5)c4)c3)n2)cc1. The van der Waals surface area contributed by atoms with Crippen LogP contribution in [0.4, 0.5) is 0 Å². The Balaban J connectivity index is 1.08. The summed E-state index contributed by atoms with van der Waals surface area (Å²) in [6.45, 7) is 0. The van der Waals surface area contributed by atoms with Gasteiger partial charge in [-0.2, -0.15) is 0 Å². The lowest BCUT2D eigenvalue weighted by Crippen LogP contribution is -1.97. The van der Waals surface area contributed by atoms with Gasteiger partial charge in [0, 0.05) is 44.2 Å². The van der Waals surface area contributed by atoms with Crippen LogP contribution in [0.25, 0.3) is 101 Å². The van der Waals surface area contributed by atoms with Gasteiger partial charge in [-0.25, -0.2) is 19.9 Å². The smallest absolute Gasteiger partial charge is 0.160 e. The molecule has 0 saturated carbocycles. The van der Waals surface area contributed by atoms with E-state index in [9.17, 15) is 0 Å². The van der Waals surface area contributed by atoms with Gasteiger partial charge >= 0.3 is 0 Å². The van der Waals surface area contributed by atoms with Gasteiger partial charge in [-0.3, -0.25) is 0 Å². The lowest BCUT2D eigenvalue weighted by Gasteiger charge is -2.12. The molecule has 0 radical (unpaired) electrons. The molecule has 0 unspecified atom stereocenters. The summed E-state index contributed by atoms with van der Waals surface area (Å²) in [4.78, 5) is 20.4. The Bertz CT molecular complexity index is 2920. The molecule has 10 rings (SSSR count). The molecule has 0 spiro atoms. The van der Waals surface area contributed by atoms with Crippen LogP contribution in [-0.4, -0.2) is 19.9 Å². The number of fused-ring (bicyclic) bond motifs is 3. The van der Waals surface area contributed by atoms with Gasteiger partial charge < -0.3 is 4.42 Å². The van der Waals surface area contributed by atoms with Crippen LogP contribution in [0.2, 0.25) is 0 Å². The fraction of sp³-hybridized carbons (Fsp3) is 0. The molecule has 0 aliphatic rings. The molecule has 3 aromatic heterocycles. The van der Waals surface area contributed by atoms with Crippen LogP contribution < -0.4 is 0 Å².